The lowest BCUT2D eigenvalue weighted by atomic mass is 10.1. The first-order valence-corrected chi connectivity index (χ1v) is 11.8. The number of carbonyl (C=O) groups excluding carboxylic acids is 1. The van der Waals surface area contributed by atoms with Gasteiger partial charge >= 0.3 is 0 Å². The Balaban J connectivity index is 1.36. The van der Waals surface area contributed by atoms with E-state index in [0.717, 1.165) is 27.7 Å². The van der Waals surface area contributed by atoms with Gasteiger partial charge in [-0.1, -0.05) is 54.1 Å². The Hall–Kier alpha value is -4.43. The number of fused-ring (bicyclic) bond motifs is 1. The number of amides is 1. The molecule has 0 spiro atoms. The van der Waals surface area contributed by atoms with Gasteiger partial charge in [0.05, 0.1) is 18.4 Å². The summed E-state index contributed by atoms with van der Waals surface area (Å²) in [6, 6.07) is 20.5. The minimum atomic E-state index is -0.378. The monoisotopic (exact) mass is 498 g/mol. The topological polar surface area (TPSA) is 105 Å². The normalized spacial score (nSPS) is 10.9. The third-order valence-corrected chi connectivity index (χ3v) is 6.00. The summed E-state index contributed by atoms with van der Waals surface area (Å²) < 4.78 is 1.44. The van der Waals surface area contributed by atoms with E-state index in [1.54, 1.807) is 30.7 Å². The number of nitrogens with one attached hydrogen (secondary N) is 3. The van der Waals surface area contributed by atoms with E-state index >= 15 is 0 Å². The highest BCUT2D eigenvalue weighted by atomic mass is 35.5. The van der Waals surface area contributed by atoms with Gasteiger partial charge in [0, 0.05) is 40.6 Å². The number of H-pyrrole nitrogens is 1. The van der Waals surface area contributed by atoms with Gasteiger partial charge in [0.15, 0.2) is 5.82 Å². The molecule has 36 heavy (non-hydrogen) atoms. The van der Waals surface area contributed by atoms with Gasteiger partial charge in [0.1, 0.15) is 6.54 Å². The van der Waals surface area contributed by atoms with Crippen LogP contribution in [0.25, 0.3) is 22.2 Å². The number of anilines is 1. The zero-order chi connectivity index (χ0) is 24.9. The third-order valence-electron chi connectivity index (χ3n) is 5.75. The van der Waals surface area contributed by atoms with Crippen LogP contribution in [0.15, 0.2) is 90.1 Å². The molecule has 2 aromatic carbocycles. The largest absolute Gasteiger partial charge is 0.361 e. The van der Waals surface area contributed by atoms with Crippen LogP contribution in [0.2, 0.25) is 5.02 Å². The van der Waals surface area contributed by atoms with Gasteiger partial charge in [-0.3, -0.25) is 19.1 Å². The van der Waals surface area contributed by atoms with Crippen LogP contribution in [0.4, 0.5) is 5.82 Å². The van der Waals surface area contributed by atoms with E-state index in [0.29, 0.717) is 23.8 Å². The first-order chi connectivity index (χ1) is 17.6. The molecular formula is C27H23ClN6O2. The van der Waals surface area contributed by atoms with Gasteiger partial charge in [0.2, 0.25) is 5.91 Å². The van der Waals surface area contributed by atoms with E-state index in [1.165, 1.54) is 4.57 Å². The highest BCUT2D eigenvalue weighted by Gasteiger charge is 2.15. The quantitative estimate of drug-likeness (QED) is 0.295. The Morgan fingerprint density at radius 3 is 2.58 bits per heavy atom. The fourth-order valence-electron chi connectivity index (χ4n) is 3.91. The van der Waals surface area contributed by atoms with Crippen molar-refractivity contribution in [3.8, 4) is 11.3 Å². The second kappa shape index (κ2) is 10.5. The van der Waals surface area contributed by atoms with Crippen LogP contribution in [0, 0.1) is 0 Å². The molecule has 0 unspecified atom stereocenters. The molecule has 0 bridgehead atoms. The number of carbonyl (C=O) groups is 1. The van der Waals surface area contributed by atoms with E-state index in [2.05, 4.69) is 25.6 Å². The molecule has 0 aliphatic rings. The Bertz CT molecular complexity index is 1530. The molecule has 9 heteroatoms. The molecule has 0 fully saturated rings. The van der Waals surface area contributed by atoms with E-state index in [-0.39, 0.29) is 23.8 Å². The van der Waals surface area contributed by atoms with Gasteiger partial charge < -0.3 is 15.6 Å². The number of benzene rings is 2. The van der Waals surface area contributed by atoms with Crippen molar-refractivity contribution in [3.05, 3.63) is 112 Å². The van der Waals surface area contributed by atoms with Crippen LogP contribution in [0.3, 0.4) is 0 Å². The van der Waals surface area contributed by atoms with Crippen molar-refractivity contribution in [1.29, 1.82) is 0 Å². The minimum Gasteiger partial charge on any atom is -0.361 e. The molecule has 3 N–H and O–H groups in total. The van der Waals surface area contributed by atoms with Crippen molar-refractivity contribution in [3.63, 3.8) is 0 Å². The number of hydrogen-bond acceptors (Lipinski definition) is 5. The van der Waals surface area contributed by atoms with Crippen molar-refractivity contribution in [2.24, 2.45) is 0 Å². The molecular weight excluding hydrogens is 476 g/mol. The van der Waals surface area contributed by atoms with Gasteiger partial charge in [-0.15, -0.1) is 0 Å². The van der Waals surface area contributed by atoms with Crippen molar-refractivity contribution >= 4 is 34.2 Å². The maximum atomic E-state index is 13.4. The SMILES string of the molecule is O=C(Cn1c(-c2ccccc2)cnc(NCc2ccc(Cl)cc2)c1=O)NCc1cc2cnccc2[nH]1. The van der Waals surface area contributed by atoms with Crippen molar-refractivity contribution < 1.29 is 4.79 Å². The summed E-state index contributed by atoms with van der Waals surface area (Å²) in [6.07, 6.45) is 5.08. The standard InChI is InChI=1S/C27H23ClN6O2/c28-21-8-6-18(7-9-21)13-31-26-27(36)34(24(16-32-26)19-4-2-1-3-5-19)17-25(35)30-15-22-12-20-14-29-11-10-23(20)33-22/h1-12,14,16,33H,13,15,17H2,(H,30,35)(H,31,32). The molecule has 0 saturated heterocycles. The molecule has 1 amide bonds. The molecule has 8 nitrogen and oxygen atoms in total. The predicted octanol–water partition coefficient (Wildman–Crippen LogP) is 4.37. The maximum absolute atomic E-state index is 13.4. The Morgan fingerprint density at radius 1 is 1.00 bits per heavy atom. The molecule has 0 aliphatic heterocycles. The Labute approximate surface area is 212 Å². The van der Waals surface area contributed by atoms with E-state index < -0.39 is 0 Å². The van der Waals surface area contributed by atoms with Gasteiger partial charge in [-0.25, -0.2) is 4.98 Å². The lowest BCUT2D eigenvalue weighted by Gasteiger charge is -2.15. The smallest absolute Gasteiger partial charge is 0.294 e. The fourth-order valence-corrected chi connectivity index (χ4v) is 4.04. The van der Waals surface area contributed by atoms with Gasteiger partial charge in [0.25, 0.3) is 5.56 Å². The zero-order valence-electron chi connectivity index (χ0n) is 19.2. The maximum Gasteiger partial charge on any atom is 0.294 e. The molecule has 5 aromatic rings. The average molecular weight is 499 g/mol. The molecule has 0 saturated carbocycles. The third kappa shape index (κ3) is 5.29. The summed E-state index contributed by atoms with van der Waals surface area (Å²) in [4.78, 5) is 38.0. The second-order valence-electron chi connectivity index (χ2n) is 8.26. The van der Waals surface area contributed by atoms with Crippen LogP contribution in [0.1, 0.15) is 11.3 Å². The number of aromatic nitrogens is 4. The van der Waals surface area contributed by atoms with E-state index in [4.69, 9.17) is 11.6 Å². The fraction of sp³-hybridized carbons (Fsp3) is 0.111. The van der Waals surface area contributed by atoms with Crippen molar-refractivity contribution in [1.82, 2.24) is 24.8 Å². The summed E-state index contributed by atoms with van der Waals surface area (Å²) in [5.41, 5.74) is 3.72. The number of nitrogens with zero attached hydrogens (tertiary/aromatic N) is 3. The van der Waals surface area contributed by atoms with Crippen molar-refractivity contribution in [2.45, 2.75) is 19.6 Å². The van der Waals surface area contributed by atoms with Gasteiger partial charge in [-0.05, 0) is 35.4 Å². The predicted molar refractivity (Wildman–Crippen MR) is 141 cm³/mol. The highest BCUT2D eigenvalue weighted by molar-refractivity contribution is 6.30. The second-order valence-corrected chi connectivity index (χ2v) is 8.70. The molecule has 5 rings (SSSR count). The number of pyridine rings is 1. The van der Waals surface area contributed by atoms with Crippen LogP contribution in [-0.2, 0) is 24.4 Å². The molecule has 0 atom stereocenters. The summed E-state index contributed by atoms with van der Waals surface area (Å²) in [5, 5.41) is 7.58. The molecule has 3 heterocycles. The zero-order valence-corrected chi connectivity index (χ0v) is 20.0. The molecule has 0 radical (unpaired) electrons. The van der Waals surface area contributed by atoms with Crippen molar-refractivity contribution in [2.75, 3.05) is 5.32 Å². The Kier molecular flexibility index (Phi) is 6.77. The number of rotatable bonds is 8. The summed E-state index contributed by atoms with van der Waals surface area (Å²) in [5.74, 6) is -0.124. The lowest BCUT2D eigenvalue weighted by molar-refractivity contribution is -0.121. The summed E-state index contributed by atoms with van der Waals surface area (Å²) in [7, 11) is 0. The minimum absolute atomic E-state index is 0.150. The Morgan fingerprint density at radius 2 is 1.81 bits per heavy atom. The lowest BCUT2D eigenvalue weighted by Crippen LogP contribution is -2.34. The van der Waals surface area contributed by atoms with Crippen LogP contribution >= 0.6 is 11.6 Å². The first-order valence-electron chi connectivity index (χ1n) is 11.4. The number of hydrogen-bond donors (Lipinski definition) is 3. The molecule has 180 valence electrons. The average Bonchev–Trinajstić information content (AvgIpc) is 3.32. The van der Waals surface area contributed by atoms with Crippen LogP contribution < -0.4 is 16.2 Å². The van der Waals surface area contributed by atoms with Crippen LogP contribution in [-0.4, -0.2) is 25.4 Å². The summed E-state index contributed by atoms with van der Waals surface area (Å²) >= 11 is 5.96. The number of aromatic amines is 1. The highest BCUT2D eigenvalue weighted by Crippen LogP contribution is 2.18. The van der Waals surface area contributed by atoms with E-state index in [1.807, 2.05) is 54.6 Å². The van der Waals surface area contributed by atoms with Crippen LogP contribution in [0.5, 0.6) is 0 Å². The summed E-state index contributed by atoms with van der Waals surface area (Å²) in [6.45, 7) is 0.546. The first kappa shape index (κ1) is 23.3. The number of halogens is 1. The molecule has 0 aliphatic carbocycles. The van der Waals surface area contributed by atoms with E-state index in [9.17, 15) is 9.59 Å². The van der Waals surface area contributed by atoms with Gasteiger partial charge in [-0.2, -0.15) is 0 Å². The molecule has 3 aromatic heterocycles.